The van der Waals surface area contributed by atoms with Crippen molar-refractivity contribution >= 4 is 34.8 Å². The van der Waals surface area contributed by atoms with Gasteiger partial charge in [-0.25, -0.2) is 4.79 Å². The number of hydrogen-bond donors (Lipinski definition) is 1. The first-order valence-corrected chi connectivity index (χ1v) is 12.8. The first-order chi connectivity index (χ1) is 18.9. The number of methoxy groups -OCH3 is 2. The number of hydrogen-bond acceptors (Lipinski definition) is 7. The molecule has 40 heavy (non-hydrogen) atoms. The molecule has 1 heterocycles. The summed E-state index contributed by atoms with van der Waals surface area (Å²) >= 11 is 0. The zero-order chi connectivity index (χ0) is 29.4. The van der Waals surface area contributed by atoms with Crippen LogP contribution in [0.5, 0.6) is 5.75 Å². The van der Waals surface area contributed by atoms with Crippen LogP contribution in [-0.2, 0) is 19.7 Å². The van der Waals surface area contributed by atoms with E-state index in [0.717, 1.165) is 11.3 Å². The molecular weight excluding hydrogens is 508 g/mol. The van der Waals surface area contributed by atoms with Gasteiger partial charge in [0.25, 0.3) is 11.7 Å². The molecule has 1 saturated heterocycles. The highest BCUT2D eigenvalue weighted by Crippen LogP contribution is 2.44. The molecular formula is C32H34N2O6. The van der Waals surface area contributed by atoms with Crippen LogP contribution in [0, 0.1) is 0 Å². The molecule has 1 fully saturated rings. The van der Waals surface area contributed by atoms with Gasteiger partial charge in [-0.1, -0.05) is 39.0 Å². The summed E-state index contributed by atoms with van der Waals surface area (Å²) in [6, 6.07) is 18.2. The fraction of sp³-hybridized carbons (Fsp3) is 0.281. The summed E-state index contributed by atoms with van der Waals surface area (Å²) < 4.78 is 10.3. The van der Waals surface area contributed by atoms with Crippen LogP contribution in [0.1, 0.15) is 53.9 Å². The second kappa shape index (κ2) is 10.9. The smallest absolute Gasteiger partial charge is 0.337 e. The van der Waals surface area contributed by atoms with Gasteiger partial charge in [0.15, 0.2) is 0 Å². The number of Topliss-reactive ketones (excluding diaryl/α,β-unsaturated/α-hetero) is 1. The van der Waals surface area contributed by atoms with E-state index in [2.05, 4.69) is 0 Å². The van der Waals surface area contributed by atoms with Crippen LogP contribution in [0.15, 0.2) is 72.3 Å². The van der Waals surface area contributed by atoms with Crippen molar-refractivity contribution in [2.75, 3.05) is 38.1 Å². The van der Waals surface area contributed by atoms with E-state index in [1.807, 2.05) is 70.1 Å². The molecule has 0 aromatic heterocycles. The van der Waals surface area contributed by atoms with Crippen molar-refractivity contribution in [1.29, 1.82) is 0 Å². The third-order valence-electron chi connectivity index (χ3n) is 7.06. The predicted molar refractivity (Wildman–Crippen MR) is 155 cm³/mol. The molecule has 208 valence electrons. The van der Waals surface area contributed by atoms with E-state index in [1.165, 1.54) is 31.3 Å². The number of aliphatic hydroxyl groups excluding tert-OH is 1. The molecule has 1 aliphatic heterocycles. The number of esters is 1. The fourth-order valence-corrected chi connectivity index (χ4v) is 4.75. The molecule has 0 radical (unpaired) electrons. The molecule has 1 aliphatic rings. The molecule has 1 unspecified atom stereocenters. The topological polar surface area (TPSA) is 96.4 Å². The van der Waals surface area contributed by atoms with Crippen LogP contribution in [0.2, 0.25) is 0 Å². The van der Waals surface area contributed by atoms with Gasteiger partial charge >= 0.3 is 5.97 Å². The molecule has 0 saturated carbocycles. The van der Waals surface area contributed by atoms with Crippen molar-refractivity contribution < 1.29 is 29.0 Å². The van der Waals surface area contributed by atoms with Crippen LogP contribution in [0.4, 0.5) is 11.4 Å². The maximum Gasteiger partial charge on any atom is 0.337 e. The number of ketones is 1. The summed E-state index contributed by atoms with van der Waals surface area (Å²) in [5.41, 5.74) is 3.22. The van der Waals surface area contributed by atoms with Crippen molar-refractivity contribution in [2.45, 2.75) is 32.2 Å². The predicted octanol–water partition coefficient (Wildman–Crippen LogP) is 5.47. The normalized spacial score (nSPS) is 16.7. The minimum absolute atomic E-state index is 0.0518. The number of aliphatic hydroxyl groups is 1. The van der Waals surface area contributed by atoms with Gasteiger partial charge in [-0.2, -0.15) is 0 Å². The Kier molecular flexibility index (Phi) is 7.73. The van der Waals surface area contributed by atoms with Crippen LogP contribution < -0.4 is 14.5 Å². The highest BCUT2D eigenvalue weighted by molar-refractivity contribution is 6.51. The number of rotatable bonds is 6. The summed E-state index contributed by atoms with van der Waals surface area (Å²) in [7, 11) is 6.60. The van der Waals surface area contributed by atoms with Crippen molar-refractivity contribution in [3.8, 4) is 5.75 Å². The minimum atomic E-state index is -0.928. The summed E-state index contributed by atoms with van der Waals surface area (Å²) in [6.07, 6.45) is 0. The SMILES string of the molecule is COC(=O)c1ccc(N2C(=O)C(=O)/C(=C(/O)c3cc(C(C)(C)C)ccc3OC)C2c2ccc(N(C)C)cc2)cc1. The molecule has 8 nitrogen and oxygen atoms in total. The summed E-state index contributed by atoms with van der Waals surface area (Å²) in [4.78, 5) is 42.5. The molecule has 0 spiro atoms. The largest absolute Gasteiger partial charge is 0.507 e. The van der Waals surface area contributed by atoms with Gasteiger partial charge in [0.05, 0.1) is 37.0 Å². The Balaban J connectivity index is 1.96. The Morgan fingerprint density at radius 3 is 2.08 bits per heavy atom. The van der Waals surface area contributed by atoms with Gasteiger partial charge in [0, 0.05) is 25.5 Å². The molecule has 1 atom stereocenters. The van der Waals surface area contributed by atoms with E-state index in [0.29, 0.717) is 28.1 Å². The van der Waals surface area contributed by atoms with Gasteiger partial charge < -0.3 is 19.5 Å². The van der Waals surface area contributed by atoms with Crippen molar-refractivity contribution in [2.24, 2.45) is 0 Å². The molecule has 1 N–H and O–H groups in total. The Morgan fingerprint density at radius 1 is 0.925 bits per heavy atom. The lowest BCUT2D eigenvalue weighted by atomic mass is 9.85. The van der Waals surface area contributed by atoms with E-state index in [4.69, 9.17) is 9.47 Å². The quantitative estimate of drug-likeness (QED) is 0.191. The maximum absolute atomic E-state index is 13.6. The van der Waals surface area contributed by atoms with E-state index >= 15 is 0 Å². The standard InChI is InChI=1S/C32H34N2O6/c1-32(2,3)21-12-17-25(39-6)24(18-21)28(35)26-27(19-8-13-22(14-9-19)33(4)5)34(30(37)29(26)36)23-15-10-20(11-16-23)31(38)40-7/h8-18,27,35H,1-7H3/b28-26+. The van der Waals surface area contributed by atoms with E-state index < -0.39 is 23.7 Å². The molecule has 8 heteroatoms. The van der Waals surface area contributed by atoms with Crippen LogP contribution in [0.3, 0.4) is 0 Å². The first-order valence-electron chi connectivity index (χ1n) is 12.8. The summed E-state index contributed by atoms with van der Waals surface area (Å²) in [5.74, 6) is -2.08. The Bertz CT molecular complexity index is 1480. The van der Waals surface area contributed by atoms with Gasteiger partial charge in [-0.15, -0.1) is 0 Å². The van der Waals surface area contributed by atoms with Crippen LogP contribution in [-0.4, -0.2) is 51.1 Å². The fourth-order valence-electron chi connectivity index (χ4n) is 4.75. The average molecular weight is 543 g/mol. The van der Waals surface area contributed by atoms with Crippen LogP contribution in [0.25, 0.3) is 5.76 Å². The number of carbonyl (C=O) groups excluding carboxylic acids is 3. The molecule has 1 amide bonds. The van der Waals surface area contributed by atoms with Gasteiger partial charge in [0.1, 0.15) is 11.5 Å². The lowest BCUT2D eigenvalue weighted by Gasteiger charge is -2.26. The Morgan fingerprint density at radius 2 is 1.55 bits per heavy atom. The van der Waals surface area contributed by atoms with E-state index in [9.17, 15) is 19.5 Å². The number of nitrogens with zero attached hydrogens (tertiary/aromatic N) is 2. The van der Waals surface area contributed by atoms with Gasteiger partial charge in [-0.05, 0) is 65.1 Å². The van der Waals surface area contributed by atoms with Crippen molar-refractivity contribution in [1.82, 2.24) is 0 Å². The monoisotopic (exact) mass is 542 g/mol. The maximum atomic E-state index is 13.6. The summed E-state index contributed by atoms with van der Waals surface area (Å²) in [6.45, 7) is 6.13. The van der Waals surface area contributed by atoms with E-state index in [-0.39, 0.29) is 16.7 Å². The lowest BCUT2D eigenvalue weighted by Crippen LogP contribution is -2.29. The third kappa shape index (κ3) is 5.17. The highest BCUT2D eigenvalue weighted by atomic mass is 16.5. The van der Waals surface area contributed by atoms with Crippen molar-refractivity contribution in [3.63, 3.8) is 0 Å². The molecule has 0 aliphatic carbocycles. The molecule has 3 aromatic carbocycles. The van der Waals surface area contributed by atoms with E-state index in [1.54, 1.807) is 24.3 Å². The molecule has 3 aromatic rings. The second-order valence-electron chi connectivity index (χ2n) is 10.9. The number of anilines is 2. The molecule has 0 bridgehead atoms. The average Bonchev–Trinajstić information content (AvgIpc) is 3.21. The molecule has 4 rings (SSSR count). The number of benzene rings is 3. The third-order valence-corrected chi connectivity index (χ3v) is 7.06. The minimum Gasteiger partial charge on any atom is -0.507 e. The highest BCUT2D eigenvalue weighted by Gasteiger charge is 2.47. The zero-order valence-corrected chi connectivity index (χ0v) is 23.8. The zero-order valence-electron chi connectivity index (χ0n) is 23.8. The van der Waals surface area contributed by atoms with Crippen LogP contribution >= 0.6 is 0 Å². The second-order valence-corrected chi connectivity index (χ2v) is 10.9. The number of ether oxygens (including phenoxy) is 2. The van der Waals surface area contributed by atoms with Gasteiger partial charge in [0.2, 0.25) is 0 Å². The Labute approximate surface area is 234 Å². The van der Waals surface area contributed by atoms with Crippen molar-refractivity contribution in [3.05, 3.63) is 94.6 Å². The first kappa shape index (κ1) is 28.4. The lowest BCUT2D eigenvalue weighted by molar-refractivity contribution is -0.132. The number of carbonyl (C=O) groups is 3. The summed E-state index contributed by atoms with van der Waals surface area (Å²) in [5, 5.41) is 11.7. The Hall–Kier alpha value is -4.59. The number of amides is 1. The van der Waals surface area contributed by atoms with Gasteiger partial charge in [-0.3, -0.25) is 14.5 Å².